The summed E-state index contributed by atoms with van der Waals surface area (Å²) in [6.07, 6.45) is 0.322. The van der Waals surface area contributed by atoms with Crippen LogP contribution < -0.4 is 26.0 Å². The molecule has 11 nitrogen and oxygen atoms in total. The Morgan fingerprint density at radius 3 is 2.37 bits per heavy atom. The number of methoxy groups -OCH3 is 1. The molecule has 0 radical (unpaired) electrons. The second-order valence-corrected chi connectivity index (χ2v) is 11.8. The van der Waals surface area contributed by atoms with Crippen LogP contribution in [-0.2, 0) is 11.0 Å². The third kappa shape index (κ3) is 8.96. The summed E-state index contributed by atoms with van der Waals surface area (Å²) in [7, 11) is 3.33. The summed E-state index contributed by atoms with van der Waals surface area (Å²) < 4.78 is 62.7. The Bertz CT molecular complexity index is 1350. The second kappa shape index (κ2) is 15.7. The molecule has 1 saturated carbocycles. The third-order valence-electron chi connectivity index (χ3n) is 8.65. The van der Waals surface area contributed by atoms with E-state index in [1.807, 2.05) is 20.9 Å². The number of carbonyl (C=O) groups is 2. The Labute approximate surface area is 266 Å². The number of nitrogens with one attached hydrogen (secondary N) is 4. The molecule has 2 aromatic rings. The monoisotopic (exact) mass is 652 g/mol. The number of halogens is 4. The molecule has 1 aliphatic heterocycles. The molecule has 2 amide bonds. The number of aromatic nitrogens is 2. The highest BCUT2D eigenvalue weighted by Gasteiger charge is 2.37. The maximum atomic E-state index is 15.2. The average Bonchev–Trinajstić information content (AvgIpc) is 3.02. The van der Waals surface area contributed by atoms with Crippen molar-refractivity contribution in [2.24, 2.45) is 0 Å². The van der Waals surface area contributed by atoms with E-state index in [-0.39, 0.29) is 47.5 Å². The number of ether oxygens (including phenoxy) is 1. The molecule has 2 heterocycles. The minimum atomic E-state index is -4.75. The Balaban J connectivity index is 1.53. The standard InChI is InChI=1S/C31H44F4N8O3/c1-5-43(6-2)27(44)18-36-23-9-7-8-10-24(23)39-28-21(31(33,34)35)17-37-30(41-28)40-25-16-22(32)20(15-26(25)46-4)29(45)38-19-11-13-42(3)14-12-19/h15-17,19,23-24,36H,5-14,18H2,1-4H3,(H,38,45)(H2,37,39,40,41)/t23-,24-/m1/s1. The van der Waals surface area contributed by atoms with Crippen molar-refractivity contribution >= 4 is 29.3 Å². The van der Waals surface area contributed by atoms with Gasteiger partial charge in [-0.1, -0.05) is 12.8 Å². The van der Waals surface area contributed by atoms with Crippen LogP contribution in [0.2, 0.25) is 0 Å². The molecule has 2 atom stereocenters. The number of carbonyl (C=O) groups excluding carboxylic acids is 2. The highest BCUT2D eigenvalue weighted by Crippen LogP contribution is 2.36. The van der Waals surface area contributed by atoms with Crippen LogP contribution in [0.4, 0.5) is 35.0 Å². The van der Waals surface area contributed by atoms with Crippen LogP contribution in [-0.4, -0.2) is 96.6 Å². The summed E-state index contributed by atoms with van der Waals surface area (Å²) >= 11 is 0. The molecule has 4 N–H and O–H groups in total. The minimum Gasteiger partial charge on any atom is -0.495 e. The lowest BCUT2D eigenvalue weighted by atomic mass is 9.90. The number of alkyl halides is 3. The van der Waals surface area contributed by atoms with E-state index >= 15 is 4.39 Å². The van der Waals surface area contributed by atoms with Crippen LogP contribution in [0.15, 0.2) is 18.3 Å². The van der Waals surface area contributed by atoms with Gasteiger partial charge in [0.1, 0.15) is 22.9 Å². The summed E-state index contributed by atoms with van der Waals surface area (Å²) in [5.41, 5.74) is -1.23. The van der Waals surface area contributed by atoms with Gasteiger partial charge in [0, 0.05) is 43.5 Å². The molecular formula is C31H44F4N8O3. The summed E-state index contributed by atoms with van der Waals surface area (Å²) in [4.78, 5) is 37.3. The fourth-order valence-electron chi connectivity index (χ4n) is 5.92. The smallest absolute Gasteiger partial charge is 0.421 e. The van der Waals surface area contributed by atoms with Gasteiger partial charge in [0.2, 0.25) is 11.9 Å². The van der Waals surface area contributed by atoms with Gasteiger partial charge in [0.25, 0.3) is 5.91 Å². The molecule has 0 spiro atoms. The van der Waals surface area contributed by atoms with E-state index < -0.39 is 35.3 Å². The van der Waals surface area contributed by atoms with E-state index in [2.05, 4.69) is 36.1 Å². The van der Waals surface area contributed by atoms with Crippen molar-refractivity contribution < 1.29 is 31.9 Å². The number of likely N-dealkylation sites (N-methyl/N-ethyl adjacent to an activating group) is 1. The Hall–Kier alpha value is -3.72. The van der Waals surface area contributed by atoms with Crippen molar-refractivity contribution in [3.8, 4) is 5.75 Å². The first-order valence-electron chi connectivity index (χ1n) is 15.8. The maximum absolute atomic E-state index is 15.2. The zero-order chi connectivity index (χ0) is 33.4. The zero-order valence-electron chi connectivity index (χ0n) is 26.8. The largest absolute Gasteiger partial charge is 0.495 e. The molecule has 1 aliphatic carbocycles. The summed E-state index contributed by atoms with van der Waals surface area (Å²) in [6.45, 7) is 6.62. The predicted octanol–water partition coefficient (Wildman–Crippen LogP) is 4.39. The number of nitrogens with zero attached hydrogens (tertiary/aromatic N) is 4. The van der Waals surface area contributed by atoms with Gasteiger partial charge in [-0.3, -0.25) is 9.59 Å². The van der Waals surface area contributed by atoms with Crippen molar-refractivity contribution in [2.75, 3.05) is 57.5 Å². The molecule has 0 unspecified atom stereocenters. The highest BCUT2D eigenvalue weighted by molar-refractivity contribution is 5.96. The number of likely N-dealkylation sites (tertiary alicyclic amines) is 1. The minimum absolute atomic E-state index is 0.0358. The number of benzene rings is 1. The first-order valence-corrected chi connectivity index (χ1v) is 15.8. The van der Waals surface area contributed by atoms with E-state index in [9.17, 15) is 22.8 Å². The normalized spacial score (nSPS) is 19.4. The predicted molar refractivity (Wildman–Crippen MR) is 167 cm³/mol. The highest BCUT2D eigenvalue weighted by atomic mass is 19.4. The van der Waals surface area contributed by atoms with Gasteiger partial charge in [-0.25, -0.2) is 9.37 Å². The van der Waals surface area contributed by atoms with Crippen LogP contribution >= 0.6 is 0 Å². The molecule has 1 aromatic carbocycles. The van der Waals surface area contributed by atoms with Crippen LogP contribution in [0.5, 0.6) is 5.75 Å². The number of rotatable bonds is 12. The first kappa shape index (κ1) is 35.1. The van der Waals surface area contributed by atoms with E-state index in [4.69, 9.17) is 4.74 Å². The van der Waals surface area contributed by atoms with Gasteiger partial charge in [-0.05, 0) is 65.7 Å². The molecule has 15 heteroatoms. The average molecular weight is 653 g/mol. The van der Waals surface area contributed by atoms with Crippen LogP contribution in [0.1, 0.15) is 68.3 Å². The van der Waals surface area contributed by atoms with Crippen LogP contribution in [0.3, 0.4) is 0 Å². The van der Waals surface area contributed by atoms with Crippen molar-refractivity contribution in [2.45, 2.75) is 76.7 Å². The second-order valence-electron chi connectivity index (χ2n) is 11.8. The molecule has 2 aliphatic rings. The number of hydrogen-bond donors (Lipinski definition) is 4. The van der Waals surface area contributed by atoms with Gasteiger partial charge < -0.3 is 35.8 Å². The fraction of sp³-hybridized carbons (Fsp3) is 0.613. The van der Waals surface area contributed by atoms with E-state index in [0.29, 0.717) is 32.1 Å². The SMILES string of the molecule is CCN(CC)C(=O)CN[C@@H]1CCCC[C@H]1Nc1nc(Nc2cc(F)c(C(=O)NC3CCN(C)CC3)cc2OC)ncc1C(F)(F)F. The van der Waals surface area contributed by atoms with Crippen LogP contribution in [0.25, 0.3) is 0 Å². The topological polar surface area (TPSA) is 124 Å². The van der Waals surface area contributed by atoms with Crippen molar-refractivity contribution in [3.05, 3.63) is 35.3 Å². The fourth-order valence-corrected chi connectivity index (χ4v) is 5.92. The number of anilines is 3. The molecule has 4 rings (SSSR count). The molecule has 1 saturated heterocycles. The lowest BCUT2D eigenvalue weighted by Gasteiger charge is -2.34. The van der Waals surface area contributed by atoms with Gasteiger partial charge in [0.05, 0.1) is 24.9 Å². The molecule has 2 fully saturated rings. The van der Waals surface area contributed by atoms with Crippen molar-refractivity contribution in [1.82, 2.24) is 30.4 Å². The third-order valence-corrected chi connectivity index (χ3v) is 8.65. The maximum Gasteiger partial charge on any atom is 0.421 e. The van der Waals surface area contributed by atoms with Crippen molar-refractivity contribution in [1.29, 1.82) is 0 Å². The summed E-state index contributed by atoms with van der Waals surface area (Å²) in [5.74, 6) is -2.08. The molecule has 1 aromatic heterocycles. The molecular weight excluding hydrogens is 608 g/mol. The number of piperidine rings is 1. The van der Waals surface area contributed by atoms with Gasteiger partial charge in [0.15, 0.2) is 0 Å². The Kier molecular flexibility index (Phi) is 12.0. The van der Waals surface area contributed by atoms with Gasteiger partial charge in [-0.2, -0.15) is 18.2 Å². The lowest BCUT2D eigenvalue weighted by Crippen LogP contribution is -2.50. The number of hydrogen-bond acceptors (Lipinski definition) is 9. The summed E-state index contributed by atoms with van der Waals surface area (Å²) in [6, 6.07) is 1.49. The molecule has 46 heavy (non-hydrogen) atoms. The first-order chi connectivity index (χ1) is 21.9. The van der Waals surface area contributed by atoms with Crippen molar-refractivity contribution in [3.63, 3.8) is 0 Å². The van der Waals surface area contributed by atoms with E-state index in [1.54, 1.807) is 4.90 Å². The van der Waals surface area contributed by atoms with E-state index in [0.717, 1.165) is 44.8 Å². The summed E-state index contributed by atoms with van der Waals surface area (Å²) in [5, 5.41) is 11.8. The quantitative estimate of drug-likeness (QED) is 0.247. The Morgan fingerprint density at radius 2 is 1.74 bits per heavy atom. The van der Waals surface area contributed by atoms with Gasteiger partial charge in [-0.15, -0.1) is 0 Å². The number of amides is 2. The Morgan fingerprint density at radius 1 is 1.07 bits per heavy atom. The molecule has 0 bridgehead atoms. The molecule has 254 valence electrons. The lowest BCUT2D eigenvalue weighted by molar-refractivity contribution is -0.137. The van der Waals surface area contributed by atoms with Gasteiger partial charge >= 0.3 is 6.18 Å². The van der Waals surface area contributed by atoms with Crippen LogP contribution in [0, 0.1) is 5.82 Å². The van der Waals surface area contributed by atoms with E-state index in [1.165, 1.54) is 13.2 Å². The zero-order valence-corrected chi connectivity index (χ0v) is 26.8.